The van der Waals surface area contributed by atoms with Gasteiger partial charge in [-0.25, -0.2) is 0 Å². The lowest BCUT2D eigenvalue weighted by Gasteiger charge is -2.47. The topological polar surface area (TPSA) is 44.4 Å². The van der Waals surface area contributed by atoms with Gasteiger partial charge in [0.2, 0.25) is 5.91 Å². The molecule has 0 aromatic carbocycles. The highest BCUT2D eigenvalue weighted by atomic mass is 16.2. The molecule has 2 fully saturated rings. The Hall–Kier alpha value is -0.610. The zero-order chi connectivity index (χ0) is 14.0. The summed E-state index contributed by atoms with van der Waals surface area (Å²) in [6.07, 6.45) is 6.38. The third-order valence-electron chi connectivity index (χ3n) is 4.65. The second-order valence-corrected chi connectivity index (χ2v) is 6.62. The number of hydrogen-bond donors (Lipinski definition) is 2. The average Bonchev–Trinajstić information content (AvgIpc) is 2.29. The molecular formula is C15H29N3O. The maximum absolute atomic E-state index is 12.0. The van der Waals surface area contributed by atoms with Crippen LogP contribution in [0, 0.1) is 0 Å². The van der Waals surface area contributed by atoms with Crippen molar-refractivity contribution in [3.8, 4) is 0 Å². The molecule has 4 heteroatoms. The van der Waals surface area contributed by atoms with Gasteiger partial charge in [-0.05, 0) is 53.5 Å². The van der Waals surface area contributed by atoms with E-state index in [1.54, 1.807) is 0 Å². The van der Waals surface area contributed by atoms with Gasteiger partial charge in [0.25, 0.3) is 0 Å². The SMILES string of the molecule is CC(C)NC(=O)C(C)NC1CC2CCCC(C1)N2C. The van der Waals surface area contributed by atoms with Gasteiger partial charge < -0.3 is 15.5 Å². The van der Waals surface area contributed by atoms with Crippen molar-refractivity contribution in [2.75, 3.05) is 7.05 Å². The zero-order valence-electron chi connectivity index (χ0n) is 12.8. The summed E-state index contributed by atoms with van der Waals surface area (Å²) in [5.41, 5.74) is 0. The van der Waals surface area contributed by atoms with Crippen molar-refractivity contribution in [3.63, 3.8) is 0 Å². The number of carbonyl (C=O) groups excluding carboxylic acids is 1. The van der Waals surface area contributed by atoms with E-state index in [1.165, 1.54) is 32.1 Å². The molecule has 2 aliphatic heterocycles. The largest absolute Gasteiger partial charge is 0.353 e. The number of hydrogen-bond acceptors (Lipinski definition) is 3. The van der Waals surface area contributed by atoms with E-state index in [2.05, 4.69) is 22.6 Å². The molecular weight excluding hydrogens is 238 g/mol. The minimum atomic E-state index is -0.0865. The van der Waals surface area contributed by atoms with Crippen LogP contribution in [0.4, 0.5) is 0 Å². The van der Waals surface area contributed by atoms with Gasteiger partial charge in [-0.1, -0.05) is 6.42 Å². The van der Waals surface area contributed by atoms with Crippen LogP contribution in [0.3, 0.4) is 0 Å². The Morgan fingerprint density at radius 1 is 1.16 bits per heavy atom. The summed E-state index contributed by atoms with van der Waals surface area (Å²) in [7, 11) is 2.26. The van der Waals surface area contributed by atoms with Crippen LogP contribution in [0.1, 0.15) is 52.9 Å². The standard InChI is InChI=1S/C15H29N3O/c1-10(2)16-15(19)11(3)17-12-8-13-6-5-7-14(9-12)18(13)4/h10-14,17H,5-9H2,1-4H3,(H,16,19). The number of nitrogens with one attached hydrogen (secondary N) is 2. The first-order valence-corrected chi connectivity index (χ1v) is 7.75. The molecule has 4 nitrogen and oxygen atoms in total. The number of piperidine rings is 2. The molecule has 2 saturated heterocycles. The summed E-state index contributed by atoms with van der Waals surface area (Å²) in [4.78, 5) is 14.5. The lowest BCUT2D eigenvalue weighted by Crippen LogP contribution is -2.57. The minimum absolute atomic E-state index is 0.0865. The Morgan fingerprint density at radius 3 is 2.26 bits per heavy atom. The Kier molecular flexibility index (Phi) is 4.85. The molecule has 0 saturated carbocycles. The predicted octanol–water partition coefficient (Wildman–Crippen LogP) is 1.50. The Balaban J connectivity index is 1.85. The van der Waals surface area contributed by atoms with Gasteiger partial charge in [-0.3, -0.25) is 4.79 Å². The first-order valence-electron chi connectivity index (χ1n) is 7.75. The molecule has 19 heavy (non-hydrogen) atoms. The van der Waals surface area contributed by atoms with Gasteiger partial charge in [0.1, 0.15) is 0 Å². The third-order valence-corrected chi connectivity index (χ3v) is 4.65. The Labute approximate surface area is 117 Å². The summed E-state index contributed by atoms with van der Waals surface area (Å²) in [6.45, 7) is 5.99. The third kappa shape index (κ3) is 3.69. The number of rotatable bonds is 4. The summed E-state index contributed by atoms with van der Waals surface area (Å²) < 4.78 is 0. The van der Waals surface area contributed by atoms with Crippen molar-refractivity contribution in [3.05, 3.63) is 0 Å². The zero-order valence-corrected chi connectivity index (χ0v) is 12.8. The molecule has 110 valence electrons. The van der Waals surface area contributed by atoms with Crippen molar-refractivity contribution in [2.24, 2.45) is 0 Å². The predicted molar refractivity (Wildman–Crippen MR) is 78.1 cm³/mol. The van der Waals surface area contributed by atoms with Crippen LogP contribution >= 0.6 is 0 Å². The van der Waals surface area contributed by atoms with Crippen LogP contribution < -0.4 is 10.6 Å². The molecule has 3 unspecified atom stereocenters. The number of fused-ring (bicyclic) bond motifs is 2. The summed E-state index contributed by atoms with van der Waals surface area (Å²) in [5, 5.41) is 6.51. The van der Waals surface area contributed by atoms with Crippen LogP contribution in [-0.4, -0.2) is 48.1 Å². The molecule has 2 aliphatic rings. The second kappa shape index (κ2) is 6.23. The normalized spacial score (nSPS) is 33.2. The lowest BCUT2D eigenvalue weighted by atomic mass is 9.82. The van der Waals surface area contributed by atoms with E-state index in [1.807, 2.05) is 20.8 Å². The summed E-state index contributed by atoms with van der Waals surface area (Å²) >= 11 is 0. The minimum Gasteiger partial charge on any atom is -0.353 e. The molecule has 0 aromatic heterocycles. The van der Waals surface area contributed by atoms with Crippen LogP contribution in [0.2, 0.25) is 0 Å². The Morgan fingerprint density at radius 2 is 1.74 bits per heavy atom. The molecule has 1 amide bonds. The van der Waals surface area contributed by atoms with Crippen molar-refractivity contribution >= 4 is 5.91 Å². The first-order chi connectivity index (χ1) is 8.97. The maximum Gasteiger partial charge on any atom is 0.237 e. The molecule has 3 atom stereocenters. The van der Waals surface area contributed by atoms with Gasteiger partial charge >= 0.3 is 0 Å². The van der Waals surface area contributed by atoms with E-state index >= 15 is 0 Å². The van der Waals surface area contributed by atoms with E-state index in [0.717, 1.165) is 0 Å². The van der Waals surface area contributed by atoms with Crippen LogP contribution in [0.25, 0.3) is 0 Å². The molecule has 2 N–H and O–H groups in total. The van der Waals surface area contributed by atoms with Gasteiger partial charge in [0.05, 0.1) is 6.04 Å². The molecule has 0 aliphatic carbocycles. The number of amides is 1. The quantitative estimate of drug-likeness (QED) is 0.811. The first kappa shape index (κ1) is 14.8. The van der Waals surface area contributed by atoms with Gasteiger partial charge in [-0.2, -0.15) is 0 Å². The smallest absolute Gasteiger partial charge is 0.237 e. The van der Waals surface area contributed by atoms with Crippen molar-refractivity contribution in [1.82, 2.24) is 15.5 Å². The van der Waals surface area contributed by atoms with Crippen molar-refractivity contribution in [1.29, 1.82) is 0 Å². The molecule has 0 spiro atoms. The molecule has 2 bridgehead atoms. The number of carbonyl (C=O) groups is 1. The van der Waals surface area contributed by atoms with Crippen molar-refractivity contribution in [2.45, 2.75) is 83.1 Å². The maximum atomic E-state index is 12.0. The van der Waals surface area contributed by atoms with E-state index in [9.17, 15) is 4.79 Å². The molecule has 0 aromatic rings. The highest BCUT2D eigenvalue weighted by Crippen LogP contribution is 2.32. The van der Waals surface area contributed by atoms with Gasteiger partial charge in [0.15, 0.2) is 0 Å². The van der Waals surface area contributed by atoms with E-state index in [-0.39, 0.29) is 18.0 Å². The molecule has 2 rings (SSSR count). The number of nitrogens with zero attached hydrogens (tertiary/aromatic N) is 1. The fourth-order valence-electron chi connectivity index (χ4n) is 3.59. The average molecular weight is 267 g/mol. The highest BCUT2D eigenvalue weighted by Gasteiger charge is 2.36. The van der Waals surface area contributed by atoms with Crippen molar-refractivity contribution < 1.29 is 4.79 Å². The lowest BCUT2D eigenvalue weighted by molar-refractivity contribution is -0.123. The van der Waals surface area contributed by atoms with Gasteiger partial charge in [-0.15, -0.1) is 0 Å². The van der Waals surface area contributed by atoms with Crippen LogP contribution in [-0.2, 0) is 4.79 Å². The second-order valence-electron chi connectivity index (χ2n) is 6.62. The fraction of sp³-hybridized carbons (Fsp3) is 0.933. The summed E-state index contributed by atoms with van der Waals surface area (Å²) in [5.74, 6) is 0.124. The Bertz CT molecular complexity index is 305. The monoisotopic (exact) mass is 267 g/mol. The van der Waals surface area contributed by atoms with E-state index < -0.39 is 0 Å². The highest BCUT2D eigenvalue weighted by molar-refractivity contribution is 5.81. The van der Waals surface area contributed by atoms with E-state index in [4.69, 9.17) is 0 Å². The molecule has 2 heterocycles. The molecule has 0 radical (unpaired) electrons. The van der Waals surface area contributed by atoms with E-state index in [0.29, 0.717) is 18.1 Å². The summed E-state index contributed by atoms with van der Waals surface area (Å²) in [6, 6.07) is 2.06. The van der Waals surface area contributed by atoms with Gasteiger partial charge in [0, 0.05) is 24.2 Å². The van der Waals surface area contributed by atoms with Crippen LogP contribution in [0.5, 0.6) is 0 Å². The fourth-order valence-corrected chi connectivity index (χ4v) is 3.59. The van der Waals surface area contributed by atoms with Crippen LogP contribution in [0.15, 0.2) is 0 Å².